The predicted molar refractivity (Wildman–Crippen MR) is 86.5 cm³/mol. The lowest BCUT2D eigenvalue weighted by molar-refractivity contribution is 0.396. The molecule has 7 heteroatoms. The minimum atomic E-state index is -1.49. The first-order valence-corrected chi connectivity index (χ1v) is 7.79. The highest BCUT2D eigenvalue weighted by atomic mass is 35.5. The highest BCUT2D eigenvalue weighted by Crippen LogP contribution is 2.23. The molecule has 1 aromatic carbocycles. The maximum absolute atomic E-state index is 11.5. The third-order valence-corrected chi connectivity index (χ3v) is 4.38. The Morgan fingerprint density at radius 2 is 2.05 bits per heavy atom. The molecule has 0 spiro atoms. The van der Waals surface area contributed by atoms with Gasteiger partial charge in [0.2, 0.25) is 5.88 Å². The Bertz CT molecular complexity index is 731. The van der Waals surface area contributed by atoms with Gasteiger partial charge in [-0.15, -0.1) is 0 Å². The van der Waals surface area contributed by atoms with E-state index < -0.39 is 15.7 Å². The van der Waals surface area contributed by atoms with E-state index >= 15 is 0 Å². The van der Waals surface area contributed by atoms with E-state index in [4.69, 9.17) is 21.5 Å². The molecule has 0 saturated carbocycles. The highest BCUT2D eigenvalue weighted by molar-refractivity contribution is 7.84. The highest BCUT2D eigenvalue weighted by Gasteiger charge is 2.20. The molecule has 1 atom stereocenters. The summed E-state index contributed by atoms with van der Waals surface area (Å²) in [7, 11) is 0.0373. The Hall–Kier alpha value is -1.50. The van der Waals surface area contributed by atoms with Crippen LogP contribution in [-0.4, -0.2) is 26.0 Å². The topological polar surface area (TPSA) is 78.1 Å². The number of methoxy groups -OCH3 is 1. The quantitative estimate of drug-likeness (QED) is 0.937. The molecule has 0 radical (unpaired) electrons. The van der Waals surface area contributed by atoms with E-state index in [1.54, 1.807) is 44.2 Å². The third-order valence-electron chi connectivity index (χ3n) is 2.97. The smallest absolute Gasteiger partial charge is 0.240 e. The molecule has 1 aromatic heterocycles. The number of rotatable bonds is 4. The predicted octanol–water partition coefficient (Wildman–Crippen LogP) is 2.71. The number of halogens is 1. The molecule has 21 heavy (non-hydrogen) atoms. The number of nitrogens with two attached hydrogens (primary N) is 1. The number of ether oxygens (including phenoxy) is 1. The van der Waals surface area contributed by atoms with Crippen molar-refractivity contribution < 1.29 is 8.95 Å². The van der Waals surface area contributed by atoms with Crippen LogP contribution in [0, 0.1) is 0 Å². The zero-order valence-corrected chi connectivity index (χ0v) is 13.5. The fraction of sp³-hybridized carbons (Fsp3) is 0.286. The van der Waals surface area contributed by atoms with Gasteiger partial charge in [-0.2, -0.15) is 0 Å². The molecule has 112 valence electrons. The van der Waals surface area contributed by atoms with Crippen molar-refractivity contribution in [1.29, 1.82) is 0 Å². The summed E-state index contributed by atoms with van der Waals surface area (Å²) in [5, 5.41) is 6.04. The van der Waals surface area contributed by atoms with Gasteiger partial charge >= 0.3 is 0 Å². The molecule has 0 bridgehead atoms. The molecule has 0 fully saturated rings. The van der Waals surface area contributed by atoms with Crippen molar-refractivity contribution in [3.05, 3.63) is 35.0 Å². The number of aromatic nitrogens is 2. The Balaban J connectivity index is 2.52. The van der Waals surface area contributed by atoms with Gasteiger partial charge in [-0.3, -0.25) is 5.14 Å². The van der Waals surface area contributed by atoms with E-state index in [-0.39, 0.29) is 0 Å². The lowest BCUT2D eigenvalue weighted by atomic mass is 10.2. The van der Waals surface area contributed by atoms with Gasteiger partial charge in [-0.1, -0.05) is 17.7 Å². The average Bonchev–Trinajstić information content (AvgIpc) is 2.43. The second-order valence-electron chi connectivity index (χ2n) is 4.99. The van der Waals surface area contributed by atoms with Crippen molar-refractivity contribution in [2.45, 2.75) is 18.6 Å². The molecule has 0 saturated heterocycles. The van der Waals surface area contributed by atoms with Gasteiger partial charge in [0.1, 0.15) is 5.69 Å². The Morgan fingerprint density at radius 1 is 1.33 bits per heavy atom. The molecule has 5 nitrogen and oxygen atoms in total. The Labute approximate surface area is 130 Å². The molecular formula is C14H16ClN3O2S. The minimum absolute atomic E-state index is 0.389. The van der Waals surface area contributed by atoms with Crippen LogP contribution in [0.1, 0.15) is 19.5 Å². The summed E-state index contributed by atoms with van der Waals surface area (Å²) in [5.41, 5.74) is 1.88. The van der Waals surface area contributed by atoms with E-state index in [2.05, 4.69) is 9.97 Å². The third kappa shape index (κ3) is 3.58. The fourth-order valence-corrected chi connectivity index (χ4v) is 2.00. The van der Waals surface area contributed by atoms with Crippen LogP contribution in [0.3, 0.4) is 0 Å². The molecule has 2 N–H and O–H groups in total. The maximum Gasteiger partial charge on any atom is 0.240 e. The normalized spacial score (nSPS) is 13.8. The molecule has 1 unspecified atom stereocenters. The SMILES string of the molecule is COc1nc2ccc(Cl)cc2nc1/C=C/C(C)(C)S(N)=O. The standard InChI is InChI=1S/C14H16ClN3O2S/c1-14(2,21(16)19)7-6-11-13(20-3)18-10-5-4-9(15)8-12(10)17-11/h4-8H,16H2,1-3H3/b7-6+. The monoisotopic (exact) mass is 325 g/mol. The van der Waals surface area contributed by atoms with Gasteiger partial charge in [0, 0.05) is 5.02 Å². The van der Waals surface area contributed by atoms with Gasteiger partial charge in [-0.25, -0.2) is 14.2 Å². The van der Waals surface area contributed by atoms with Crippen LogP contribution in [0.15, 0.2) is 24.3 Å². The Kier molecular flexibility index (Phi) is 4.61. The average molecular weight is 326 g/mol. The van der Waals surface area contributed by atoms with E-state index in [1.807, 2.05) is 0 Å². The number of hydrogen-bond donors (Lipinski definition) is 1. The second-order valence-corrected chi connectivity index (χ2v) is 7.07. The van der Waals surface area contributed by atoms with Crippen molar-refractivity contribution in [2.75, 3.05) is 7.11 Å². The lowest BCUT2D eigenvalue weighted by Gasteiger charge is -2.15. The first-order chi connectivity index (χ1) is 9.83. The lowest BCUT2D eigenvalue weighted by Crippen LogP contribution is -2.29. The Morgan fingerprint density at radius 3 is 2.67 bits per heavy atom. The minimum Gasteiger partial charge on any atom is -0.479 e. The van der Waals surface area contributed by atoms with Gasteiger partial charge < -0.3 is 4.74 Å². The zero-order chi connectivity index (χ0) is 15.6. The van der Waals surface area contributed by atoms with Crippen LogP contribution in [0.5, 0.6) is 5.88 Å². The zero-order valence-electron chi connectivity index (χ0n) is 12.0. The van der Waals surface area contributed by atoms with E-state index in [0.717, 1.165) is 0 Å². The molecule has 0 aliphatic rings. The van der Waals surface area contributed by atoms with Crippen LogP contribution in [0.2, 0.25) is 5.02 Å². The van der Waals surface area contributed by atoms with E-state index in [1.165, 1.54) is 7.11 Å². The van der Waals surface area contributed by atoms with Crippen molar-refractivity contribution >= 4 is 39.7 Å². The fourth-order valence-electron chi connectivity index (χ4n) is 1.63. The summed E-state index contributed by atoms with van der Waals surface area (Å²) in [6.45, 7) is 3.55. The van der Waals surface area contributed by atoms with Crippen LogP contribution >= 0.6 is 11.6 Å². The van der Waals surface area contributed by atoms with Crippen molar-refractivity contribution in [3.63, 3.8) is 0 Å². The summed E-state index contributed by atoms with van der Waals surface area (Å²) in [4.78, 5) is 8.85. The molecule has 2 rings (SSSR count). The molecule has 1 heterocycles. The second kappa shape index (κ2) is 6.09. The molecule has 0 amide bonds. The van der Waals surface area contributed by atoms with E-state index in [0.29, 0.717) is 27.6 Å². The number of hydrogen-bond acceptors (Lipinski definition) is 4. The summed E-state index contributed by atoms with van der Waals surface area (Å²) in [6.07, 6.45) is 3.43. The molecular weight excluding hydrogens is 310 g/mol. The van der Waals surface area contributed by atoms with Gasteiger partial charge in [0.05, 0.1) is 33.9 Å². The van der Waals surface area contributed by atoms with Crippen molar-refractivity contribution in [3.8, 4) is 5.88 Å². The van der Waals surface area contributed by atoms with Crippen LogP contribution in [0.25, 0.3) is 17.1 Å². The first-order valence-electron chi connectivity index (χ1n) is 6.20. The summed E-state index contributed by atoms with van der Waals surface area (Å²) < 4.78 is 16.0. The first kappa shape index (κ1) is 15.9. The van der Waals surface area contributed by atoms with Crippen LogP contribution < -0.4 is 9.88 Å². The van der Waals surface area contributed by atoms with Gasteiger partial charge in [0.15, 0.2) is 0 Å². The van der Waals surface area contributed by atoms with Crippen LogP contribution in [0.4, 0.5) is 0 Å². The van der Waals surface area contributed by atoms with Crippen LogP contribution in [-0.2, 0) is 11.0 Å². The number of nitrogens with zero attached hydrogens (tertiary/aromatic N) is 2. The van der Waals surface area contributed by atoms with E-state index in [9.17, 15) is 4.21 Å². The molecule has 0 aliphatic heterocycles. The largest absolute Gasteiger partial charge is 0.479 e. The van der Waals surface area contributed by atoms with Gasteiger partial charge in [0.25, 0.3) is 0 Å². The maximum atomic E-state index is 11.5. The molecule has 2 aromatic rings. The molecule has 0 aliphatic carbocycles. The number of fused-ring (bicyclic) bond motifs is 1. The summed E-state index contributed by atoms with van der Waals surface area (Å²) >= 11 is 5.96. The van der Waals surface area contributed by atoms with Gasteiger partial charge in [-0.05, 0) is 38.1 Å². The summed E-state index contributed by atoms with van der Waals surface area (Å²) in [5.74, 6) is 0.389. The van der Waals surface area contributed by atoms with Crippen molar-refractivity contribution in [1.82, 2.24) is 9.97 Å². The van der Waals surface area contributed by atoms with Crippen molar-refractivity contribution in [2.24, 2.45) is 5.14 Å². The number of benzene rings is 1. The summed E-state index contributed by atoms with van der Waals surface area (Å²) in [6, 6.07) is 5.25.